The normalized spacial score (nSPS) is 21.3. The van der Waals surface area contributed by atoms with E-state index in [-0.39, 0.29) is 28.7 Å². The van der Waals surface area contributed by atoms with E-state index in [4.69, 9.17) is 9.47 Å². The van der Waals surface area contributed by atoms with E-state index in [1.54, 1.807) is 14.2 Å². The highest BCUT2D eigenvalue weighted by molar-refractivity contribution is 5.54. The number of aryl methyl sites for hydroxylation is 1. The fourth-order valence-corrected chi connectivity index (χ4v) is 6.30. The summed E-state index contributed by atoms with van der Waals surface area (Å²) in [6, 6.07) is 13.7. The summed E-state index contributed by atoms with van der Waals surface area (Å²) >= 11 is 0. The third-order valence-electron chi connectivity index (χ3n) is 8.33. The van der Waals surface area contributed by atoms with Gasteiger partial charge in [-0.3, -0.25) is 0 Å². The number of piperidine rings is 1. The van der Waals surface area contributed by atoms with Crippen LogP contribution in [-0.2, 0) is 15.4 Å². The molecule has 4 nitrogen and oxygen atoms in total. The molecule has 2 atom stereocenters. The molecule has 208 valence electrons. The predicted molar refractivity (Wildman–Crippen MR) is 141 cm³/mol. The van der Waals surface area contributed by atoms with E-state index in [2.05, 4.69) is 4.90 Å². The van der Waals surface area contributed by atoms with Crippen molar-refractivity contribution in [3.8, 4) is 5.75 Å². The van der Waals surface area contributed by atoms with Gasteiger partial charge in [-0.15, -0.1) is 0 Å². The molecule has 0 amide bonds. The van der Waals surface area contributed by atoms with Crippen LogP contribution in [0.15, 0.2) is 54.6 Å². The largest absolute Gasteiger partial charge is 0.508 e. The first-order valence-corrected chi connectivity index (χ1v) is 13.2. The van der Waals surface area contributed by atoms with Gasteiger partial charge in [-0.25, -0.2) is 17.6 Å². The number of methoxy groups -OCH3 is 2. The lowest BCUT2D eigenvalue weighted by Crippen LogP contribution is -2.39. The molecule has 1 aliphatic carbocycles. The number of rotatable bonds is 6. The Hall–Kier alpha value is -3.10. The molecular weight excluding hydrogens is 510 g/mol. The Labute approximate surface area is 226 Å². The maximum atomic E-state index is 15.4. The SMILES string of the molecule is COC(OC)C1CCN(c2ccc([C@@H]3c4ccc(O)cc4C(F)(F)C[C@@H]3c3cc(F)c(C)cc3F)cc2)CC1. The van der Waals surface area contributed by atoms with E-state index >= 15 is 13.2 Å². The van der Waals surface area contributed by atoms with Crippen LogP contribution >= 0.6 is 0 Å². The van der Waals surface area contributed by atoms with Gasteiger partial charge in [-0.2, -0.15) is 0 Å². The quantitative estimate of drug-likeness (QED) is 0.263. The standard InChI is InChI=1S/C31H33F4NO3/c1-18-14-28(33)24(16-27(18)32)25-17-31(34,35)26-15-22(37)8-9-23(26)29(25)19-4-6-21(7-5-19)36-12-10-20(11-13-36)30(38-2)39-3/h4-9,14-16,20,25,29-30,37H,10-13,17H2,1-3H3/t25-,29-/m1/s1. The molecule has 1 fully saturated rings. The third-order valence-corrected chi connectivity index (χ3v) is 8.33. The maximum Gasteiger partial charge on any atom is 0.274 e. The highest BCUT2D eigenvalue weighted by atomic mass is 19.3. The van der Waals surface area contributed by atoms with Gasteiger partial charge in [0, 0.05) is 62.7 Å². The van der Waals surface area contributed by atoms with Crippen molar-refractivity contribution in [2.24, 2.45) is 5.92 Å². The second kappa shape index (κ2) is 10.8. The maximum absolute atomic E-state index is 15.4. The third kappa shape index (κ3) is 5.24. The lowest BCUT2D eigenvalue weighted by Gasteiger charge is -2.39. The average molecular weight is 544 g/mol. The molecule has 3 aromatic carbocycles. The van der Waals surface area contributed by atoms with Gasteiger partial charge in [0.1, 0.15) is 17.4 Å². The van der Waals surface area contributed by atoms with Crippen LogP contribution in [0, 0.1) is 24.5 Å². The average Bonchev–Trinajstić information content (AvgIpc) is 2.92. The number of anilines is 1. The van der Waals surface area contributed by atoms with Crippen LogP contribution in [0.1, 0.15) is 58.9 Å². The van der Waals surface area contributed by atoms with Crippen LogP contribution in [0.4, 0.5) is 23.2 Å². The van der Waals surface area contributed by atoms with E-state index in [1.807, 2.05) is 24.3 Å². The van der Waals surface area contributed by atoms with Crippen LogP contribution in [0.25, 0.3) is 0 Å². The fourth-order valence-electron chi connectivity index (χ4n) is 6.30. The molecule has 0 radical (unpaired) electrons. The molecule has 39 heavy (non-hydrogen) atoms. The summed E-state index contributed by atoms with van der Waals surface area (Å²) in [5.74, 6) is -6.27. The highest BCUT2D eigenvalue weighted by Gasteiger charge is 2.47. The summed E-state index contributed by atoms with van der Waals surface area (Å²) in [6.07, 6.45) is 0.872. The van der Waals surface area contributed by atoms with Crippen LogP contribution in [0.2, 0.25) is 0 Å². The van der Waals surface area contributed by atoms with Gasteiger partial charge >= 0.3 is 0 Å². The number of aromatic hydroxyl groups is 1. The lowest BCUT2D eigenvalue weighted by atomic mass is 9.67. The first kappa shape index (κ1) is 27.5. The molecular formula is C31H33F4NO3. The Bertz CT molecular complexity index is 1320. The number of phenols is 1. The van der Waals surface area contributed by atoms with E-state index in [0.29, 0.717) is 11.5 Å². The predicted octanol–water partition coefficient (Wildman–Crippen LogP) is 7.23. The van der Waals surface area contributed by atoms with Crippen molar-refractivity contribution in [1.29, 1.82) is 0 Å². The molecule has 0 spiro atoms. The van der Waals surface area contributed by atoms with Crippen molar-refractivity contribution in [1.82, 2.24) is 0 Å². The van der Waals surface area contributed by atoms with Crippen molar-refractivity contribution in [2.45, 2.75) is 50.2 Å². The van der Waals surface area contributed by atoms with Gasteiger partial charge in [-0.1, -0.05) is 18.2 Å². The molecule has 1 aliphatic heterocycles. The summed E-state index contributed by atoms with van der Waals surface area (Å²) < 4.78 is 71.4. The van der Waals surface area contributed by atoms with E-state index in [9.17, 15) is 9.50 Å². The van der Waals surface area contributed by atoms with Crippen molar-refractivity contribution in [3.05, 3.63) is 94.0 Å². The van der Waals surface area contributed by atoms with Crippen molar-refractivity contribution in [2.75, 3.05) is 32.2 Å². The molecule has 2 aliphatic rings. The van der Waals surface area contributed by atoms with Gasteiger partial charge in [0.15, 0.2) is 6.29 Å². The monoisotopic (exact) mass is 543 g/mol. The number of fused-ring (bicyclic) bond motifs is 1. The van der Waals surface area contributed by atoms with Gasteiger partial charge < -0.3 is 19.5 Å². The Morgan fingerprint density at radius 2 is 1.56 bits per heavy atom. The summed E-state index contributed by atoms with van der Waals surface area (Å²) in [5, 5.41) is 9.97. The molecule has 3 aromatic rings. The smallest absolute Gasteiger partial charge is 0.274 e. The summed E-state index contributed by atoms with van der Waals surface area (Å²) in [6.45, 7) is 3.09. The summed E-state index contributed by atoms with van der Waals surface area (Å²) in [7, 11) is 3.29. The number of benzene rings is 3. The number of nitrogens with zero attached hydrogens (tertiary/aromatic N) is 1. The molecule has 0 aromatic heterocycles. The zero-order chi connectivity index (χ0) is 27.9. The zero-order valence-electron chi connectivity index (χ0n) is 22.3. The van der Waals surface area contributed by atoms with Crippen molar-refractivity contribution >= 4 is 5.69 Å². The van der Waals surface area contributed by atoms with Crippen molar-refractivity contribution < 1.29 is 32.1 Å². The zero-order valence-corrected chi connectivity index (χ0v) is 22.3. The van der Waals surface area contributed by atoms with Gasteiger partial charge in [0.05, 0.1) is 0 Å². The van der Waals surface area contributed by atoms with E-state index in [1.165, 1.54) is 19.1 Å². The van der Waals surface area contributed by atoms with Crippen LogP contribution in [-0.4, -0.2) is 38.7 Å². The molecule has 1 heterocycles. The number of hydrogen-bond acceptors (Lipinski definition) is 4. The number of alkyl halides is 2. The minimum atomic E-state index is -3.32. The number of halogens is 4. The minimum Gasteiger partial charge on any atom is -0.508 e. The van der Waals surface area contributed by atoms with E-state index in [0.717, 1.165) is 55.4 Å². The minimum absolute atomic E-state index is 0.0708. The second-order valence-electron chi connectivity index (χ2n) is 10.6. The van der Waals surface area contributed by atoms with E-state index < -0.39 is 35.8 Å². The lowest BCUT2D eigenvalue weighted by molar-refractivity contribution is -0.141. The topological polar surface area (TPSA) is 41.9 Å². The Morgan fingerprint density at radius 3 is 2.21 bits per heavy atom. The van der Waals surface area contributed by atoms with Crippen LogP contribution in [0.3, 0.4) is 0 Å². The molecule has 0 saturated carbocycles. The fraction of sp³-hybridized carbons (Fsp3) is 0.419. The Morgan fingerprint density at radius 1 is 0.897 bits per heavy atom. The Balaban J connectivity index is 1.50. The Kier molecular flexibility index (Phi) is 7.62. The molecule has 1 N–H and O–H groups in total. The number of phenolic OH excluding ortho intramolecular Hbond substituents is 1. The van der Waals surface area contributed by atoms with Crippen LogP contribution < -0.4 is 4.90 Å². The molecule has 0 unspecified atom stereocenters. The highest BCUT2D eigenvalue weighted by Crippen LogP contribution is 2.55. The van der Waals surface area contributed by atoms with Crippen LogP contribution in [0.5, 0.6) is 5.75 Å². The van der Waals surface area contributed by atoms with Gasteiger partial charge in [-0.05, 0) is 78.4 Å². The van der Waals surface area contributed by atoms with Gasteiger partial charge in [0.25, 0.3) is 5.92 Å². The number of hydrogen-bond donors (Lipinski definition) is 1. The first-order valence-electron chi connectivity index (χ1n) is 13.2. The van der Waals surface area contributed by atoms with Crippen molar-refractivity contribution in [3.63, 3.8) is 0 Å². The molecule has 1 saturated heterocycles. The molecule has 5 rings (SSSR count). The summed E-state index contributed by atoms with van der Waals surface area (Å²) in [4.78, 5) is 2.26. The molecule has 8 heteroatoms. The molecule has 0 bridgehead atoms. The summed E-state index contributed by atoms with van der Waals surface area (Å²) in [5.41, 5.74) is 1.79. The number of ether oxygens (including phenoxy) is 2. The first-order chi connectivity index (χ1) is 18.6. The second-order valence-corrected chi connectivity index (χ2v) is 10.6. The van der Waals surface area contributed by atoms with Gasteiger partial charge in [0.2, 0.25) is 0 Å².